The number of phenolic OH excluding ortho intramolecular Hbond substituents is 4. The highest BCUT2D eigenvalue weighted by molar-refractivity contribution is 7.89. The van der Waals surface area contributed by atoms with Crippen molar-refractivity contribution in [1.29, 1.82) is 0 Å². The standard InChI is InChI=1S/C27H24N2O7S/c28-27(34)20-8-6-19(7-9-20)21-13-24(32)25(33)14-26(21)37(35,36)29-15-17-3-1-16(2-4-17)11-18-5-10-22(30)23(31)12-18/h1-10,12-14,29-33H,11,15H2,(H2,28,34). The van der Waals surface area contributed by atoms with Crippen molar-refractivity contribution < 1.29 is 33.6 Å². The molecule has 10 heteroatoms. The van der Waals surface area contributed by atoms with E-state index in [-0.39, 0.29) is 34.1 Å². The predicted octanol–water partition coefficient (Wildman–Crippen LogP) is 3.34. The molecule has 0 spiro atoms. The maximum atomic E-state index is 13.2. The van der Waals surface area contributed by atoms with Gasteiger partial charge in [0, 0.05) is 23.7 Å². The molecular weight excluding hydrogens is 496 g/mol. The highest BCUT2D eigenvalue weighted by Gasteiger charge is 2.22. The summed E-state index contributed by atoms with van der Waals surface area (Å²) in [5.41, 5.74) is 8.42. The molecule has 4 rings (SSSR count). The molecule has 4 aromatic rings. The zero-order valence-corrected chi connectivity index (χ0v) is 20.2. The first-order chi connectivity index (χ1) is 17.5. The van der Waals surface area contributed by atoms with Crippen molar-refractivity contribution in [1.82, 2.24) is 4.72 Å². The van der Waals surface area contributed by atoms with Crippen molar-refractivity contribution in [2.24, 2.45) is 5.73 Å². The summed E-state index contributed by atoms with van der Waals surface area (Å²) in [6.45, 7) is -0.0374. The van der Waals surface area contributed by atoms with E-state index < -0.39 is 27.4 Å². The van der Waals surface area contributed by atoms with Crippen LogP contribution in [0.4, 0.5) is 0 Å². The van der Waals surface area contributed by atoms with E-state index in [4.69, 9.17) is 5.73 Å². The molecule has 0 saturated carbocycles. The molecule has 190 valence electrons. The van der Waals surface area contributed by atoms with Gasteiger partial charge < -0.3 is 26.2 Å². The summed E-state index contributed by atoms with van der Waals surface area (Å²) in [6.07, 6.45) is 0.504. The molecule has 0 heterocycles. The lowest BCUT2D eigenvalue weighted by Gasteiger charge is -2.14. The minimum absolute atomic E-state index is 0.0374. The van der Waals surface area contributed by atoms with Crippen LogP contribution in [-0.2, 0) is 23.0 Å². The van der Waals surface area contributed by atoms with E-state index in [2.05, 4.69) is 4.72 Å². The fourth-order valence-corrected chi connectivity index (χ4v) is 5.01. The second-order valence-corrected chi connectivity index (χ2v) is 10.2. The number of carbonyl (C=O) groups excluding carboxylic acids is 1. The maximum absolute atomic E-state index is 13.2. The molecule has 0 saturated heterocycles. The van der Waals surface area contributed by atoms with Gasteiger partial charge in [-0.25, -0.2) is 13.1 Å². The number of sulfonamides is 1. The Kier molecular flexibility index (Phi) is 7.05. The van der Waals surface area contributed by atoms with Gasteiger partial charge in [-0.2, -0.15) is 0 Å². The number of nitrogens with one attached hydrogen (secondary N) is 1. The molecule has 0 aliphatic heterocycles. The Bertz CT molecular complexity index is 1570. The number of rotatable bonds is 8. The molecule has 7 N–H and O–H groups in total. The van der Waals surface area contributed by atoms with E-state index in [1.54, 1.807) is 18.2 Å². The van der Waals surface area contributed by atoms with Gasteiger partial charge in [0.15, 0.2) is 23.0 Å². The third kappa shape index (κ3) is 5.83. The fourth-order valence-electron chi connectivity index (χ4n) is 3.77. The van der Waals surface area contributed by atoms with Gasteiger partial charge in [0.1, 0.15) is 0 Å². The van der Waals surface area contributed by atoms with Gasteiger partial charge in [0.2, 0.25) is 15.9 Å². The molecule has 37 heavy (non-hydrogen) atoms. The normalized spacial score (nSPS) is 11.4. The number of carbonyl (C=O) groups is 1. The van der Waals surface area contributed by atoms with Crippen LogP contribution in [0.3, 0.4) is 0 Å². The number of phenols is 4. The number of hydrogen-bond acceptors (Lipinski definition) is 7. The molecule has 0 aliphatic rings. The van der Waals surface area contributed by atoms with Crippen molar-refractivity contribution in [3.63, 3.8) is 0 Å². The van der Waals surface area contributed by atoms with Crippen molar-refractivity contribution >= 4 is 15.9 Å². The summed E-state index contributed by atoms with van der Waals surface area (Å²) < 4.78 is 28.9. The minimum atomic E-state index is -4.13. The zero-order chi connectivity index (χ0) is 26.7. The number of amides is 1. The van der Waals surface area contributed by atoms with Gasteiger partial charge >= 0.3 is 0 Å². The van der Waals surface area contributed by atoms with Crippen LogP contribution in [0, 0.1) is 0 Å². The van der Waals surface area contributed by atoms with E-state index in [9.17, 15) is 33.6 Å². The largest absolute Gasteiger partial charge is 0.504 e. The smallest absolute Gasteiger partial charge is 0.248 e. The van der Waals surface area contributed by atoms with Gasteiger partial charge in [-0.3, -0.25) is 4.79 Å². The van der Waals surface area contributed by atoms with Crippen molar-refractivity contribution in [2.45, 2.75) is 17.9 Å². The lowest BCUT2D eigenvalue weighted by Crippen LogP contribution is -2.24. The first-order valence-electron chi connectivity index (χ1n) is 11.1. The van der Waals surface area contributed by atoms with Crippen LogP contribution in [0.2, 0.25) is 0 Å². The monoisotopic (exact) mass is 520 g/mol. The molecule has 0 aromatic heterocycles. The Morgan fingerprint density at radius 3 is 1.89 bits per heavy atom. The summed E-state index contributed by atoms with van der Waals surface area (Å²) in [4.78, 5) is 11.1. The molecular formula is C27H24N2O7S. The highest BCUT2D eigenvalue weighted by Crippen LogP contribution is 2.37. The van der Waals surface area contributed by atoms with Gasteiger partial charge in [0.05, 0.1) is 4.90 Å². The fraction of sp³-hybridized carbons (Fsp3) is 0.0741. The topological polar surface area (TPSA) is 170 Å². The van der Waals surface area contributed by atoms with Crippen LogP contribution in [0.5, 0.6) is 23.0 Å². The van der Waals surface area contributed by atoms with E-state index in [1.165, 1.54) is 36.4 Å². The highest BCUT2D eigenvalue weighted by atomic mass is 32.2. The molecule has 1 amide bonds. The van der Waals surface area contributed by atoms with Gasteiger partial charge in [-0.1, -0.05) is 42.5 Å². The molecule has 0 atom stereocenters. The van der Waals surface area contributed by atoms with Crippen molar-refractivity contribution in [3.05, 3.63) is 101 Å². The van der Waals surface area contributed by atoms with Crippen molar-refractivity contribution in [3.8, 4) is 34.1 Å². The molecule has 0 bridgehead atoms. The maximum Gasteiger partial charge on any atom is 0.248 e. The second kappa shape index (κ2) is 10.2. The third-order valence-electron chi connectivity index (χ3n) is 5.78. The Morgan fingerprint density at radius 2 is 1.27 bits per heavy atom. The molecule has 4 aromatic carbocycles. The first kappa shape index (κ1) is 25.5. The third-order valence-corrected chi connectivity index (χ3v) is 7.23. The lowest BCUT2D eigenvalue weighted by atomic mass is 10.0. The van der Waals surface area contributed by atoms with Crippen molar-refractivity contribution in [2.75, 3.05) is 0 Å². The van der Waals surface area contributed by atoms with E-state index in [0.717, 1.165) is 23.3 Å². The number of benzene rings is 4. The van der Waals surface area contributed by atoms with Gasteiger partial charge in [-0.15, -0.1) is 0 Å². The molecule has 9 nitrogen and oxygen atoms in total. The summed E-state index contributed by atoms with van der Waals surface area (Å²) >= 11 is 0. The first-order valence-corrected chi connectivity index (χ1v) is 12.6. The Balaban J connectivity index is 1.53. The predicted molar refractivity (Wildman–Crippen MR) is 137 cm³/mol. The van der Waals surface area contributed by atoms with Crippen LogP contribution in [-0.4, -0.2) is 34.8 Å². The number of hydrogen-bond donors (Lipinski definition) is 6. The average Bonchev–Trinajstić information content (AvgIpc) is 2.87. The summed E-state index contributed by atoms with van der Waals surface area (Å²) in [5.74, 6) is -2.12. The van der Waals surface area contributed by atoms with Crippen LogP contribution in [0.1, 0.15) is 27.0 Å². The SMILES string of the molecule is NC(=O)c1ccc(-c2cc(O)c(O)cc2S(=O)(=O)NCc2ccc(Cc3ccc(O)c(O)c3)cc2)cc1. The quantitative estimate of drug-likeness (QED) is 0.193. The summed E-state index contributed by atoms with van der Waals surface area (Å²) in [7, 11) is -4.13. The average molecular weight is 521 g/mol. The summed E-state index contributed by atoms with van der Waals surface area (Å²) in [6, 6.07) is 19.7. The summed E-state index contributed by atoms with van der Waals surface area (Å²) in [5, 5.41) is 39.1. The van der Waals surface area contributed by atoms with E-state index in [0.29, 0.717) is 17.5 Å². The lowest BCUT2D eigenvalue weighted by molar-refractivity contribution is 0.1000. The molecule has 0 fully saturated rings. The van der Waals surface area contributed by atoms with Crippen LogP contribution >= 0.6 is 0 Å². The Hall–Kier alpha value is -4.54. The molecule has 0 radical (unpaired) electrons. The van der Waals surface area contributed by atoms with Gasteiger partial charge in [0.25, 0.3) is 0 Å². The molecule has 0 unspecified atom stereocenters. The van der Waals surface area contributed by atoms with E-state index >= 15 is 0 Å². The Labute approximate surface area is 213 Å². The van der Waals surface area contributed by atoms with Crippen LogP contribution in [0.25, 0.3) is 11.1 Å². The number of aromatic hydroxyl groups is 4. The number of primary amides is 1. The van der Waals surface area contributed by atoms with Gasteiger partial charge in [-0.05, 0) is 59.0 Å². The minimum Gasteiger partial charge on any atom is -0.504 e. The Morgan fingerprint density at radius 1 is 0.703 bits per heavy atom. The second-order valence-electron chi connectivity index (χ2n) is 8.42. The van der Waals surface area contributed by atoms with E-state index in [1.807, 2.05) is 12.1 Å². The van der Waals surface area contributed by atoms with Crippen LogP contribution in [0.15, 0.2) is 83.8 Å². The number of nitrogens with two attached hydrogens (primary N) is 1. The van der Waals surface area contributed by atoms with Crippen LogP contribution < -0.4 is 10.5 Å². The zero-order valence-electron chi connectivity index (χ0n) is 19.4. The molecule has 0 aliphatic carbocycles.